The Morgan fingerprint density at radius 1 is 1.00 bits per heavy atom. The number of hydrogen-bond donors (Lipinski definition) is 1. The van der Waals surface area contributed by atoms with Crippen molar-refractivity contribution in [2.45, 2.75) is 24.9 Å². The van der Waals surface area contributed by atoms with Crippen molar-refractivity contribution in [1.82, 2.24) is 9.62 Å². The summed E-state index contributed by atoms with van der Waals surface area (Å²) >= 11 is 0. The minimum Gasteiger partial charge on any atom is -0.495 e. The van der Waals surface area contributed by atoms with E-state index in [1.807, 2.05) is 36.4 Å². The van der Waals surface area contributed by atoms with Gasteiger partial charge in [0.2, 0.25) is 22.7 Å². The summed E-state index contributed by atoms with van der Waals surface area (Å²) in [5.74, 6) is 1.07. The number of sulfonamides is 1. The molecule has 0 bridgehead atoms. The van der Waals surface area contributed by atoms with Crippen molar-refractivity contribution in [3.63, 3.8) is 0 Å². The molecule has 0 atom stereocenters. The second kappa shape index (κ2) is 10.1. The van der Waals surface area contributed by atoms with Gasteiger partial charge in [-0.2, -0.15) is 4.31 Å². The second-order valence-electron chi connectivity index (χ2n) is 7.88. The van der Waals surface area contributed by atoms with Gasteiger partial charge in [-0.25, -0.2) is 8.42 Å². The van der Waals surface area contributed by atoms with Crippen molar-refractivity contribution < 1.29 is 27.4 Å². The number of carbonyl (C=O) groups excluding carboxylic acids is 1. The van der Waals surface area contributed by atoms with Gasteiger partial charge in [-0.05, 0) is 47.9 Å². The number of carbonyl (C=O) groups is 1. The number of nitrogens with zero attached hydrogens (tertiary/aromatic N) is 1. The molecular formula is C25H26N2O6S. The summed E-state index contributed by atoms with van der Waals surface area (Å²) < 4.78 is 44.4. The number of aryl methyl sites for hydroxylation is 1. The number of nitrogens with one attached hydrogen (secondary N) is 1. The monoisotopic (exact) mass is 482 g/mol. The minimum atomic E-state index is -4.04. The molecule has 1 aliphatic heterocycles. The molecule has 0 saturated heterocycles. The SMILES string of the molecule is COc1ccc(C)cc1S(=O)(=O)N(CC(=O)NCc1ccc2c(c1)OCO2)Cc1ccccc1. The molecule has 0 fully saturated rings. The number of fused-ring (bicyclic) bond motifs is 1. The van der Waals surface area contributed by atoms with Gasteiger partial charge >= 0.3 is 0 Å². The van der Waals surface area contributed by atoms with Crippen LogP contribution in [0.15, 0.2) is 71.6 Å². The smallest absolute Gasteiger partial charge is 0.247 e. The van der Waals surface area contributed by atoms with E-state index in [9.17, 15) is 13.2 Å². The predicted octanol–water partition coefficient (Wildman–Crippen LogP) is 3.24. The normalized spacial score (nSPS) is 12.6. The Bertz CT molecular complexity index is 1280. The molecule has 1 heterocycles. The lowest BCUT2D eigenvalue weighted by molar-refractivity contribution is -0.121. The maximum Gasteiger partial charge on any atom is 0.247 e. The standard InChI is InChI=1S/C25H26N2O6S/c1-18-8-10-22(31-2)24(12-18)34(29,30)27(15-19-6-4-3-5-7-19)16-25(28)26-14-20-9-11-21-23(13-20)33-17-32-21/h3-13H,14-17H2,1-2H3,(H,26,28). The zero-order valence-electron chi connectivity index (χ0n) is 19.0. The zero-order valence-corrected chi connectivity index (χ0v) is 19.8. The Kier molecular flexibility index (Phi) is 7.04. The first kappa shape index (κ1) is 23.6. The molecule has 9 heteroatoms. The predicted molar refractivity (Wildman–Crippen MR) is 126 cm³/mol. The van der Waals surface area contributed by atoms with Gasteiger partial charge in [0, 0.05) is 13.1 Å². The number of rotatable bonds is 9. The van der Waals surface area contributed by atoms with Crippen molar-refractivity contribution in [2.75, 3.05) is 20.4 Å². The number of benzene rings is 3. The van der Waals surface area contributed by atoms with E-state index in [2.05, 4.69) is 5.32 Å². The van der Waals surface area contributed by atoms with E-state index in [1.165, 1.54) is 7.11 Å². The molecule has 34 heavy (non-hydrogen) atoms. The molecule has 0 radical (unpaired) electrons. The third-order valence-corrected chi connectivity index (χ3v) is 7.20. The fraction of sp³-hybridized carbons (Fsp3) is 0.240. The summed E-state index contributed by atoms with van der Waals surface area (Å²) in [4.78, 5) is 12.9. The van der Waals surface area contributed by atoms with Crippen molar-refractivity contribution in [3.8, 4) is 17.2 Å². The fourth-order valence-electron chi connectivity index (χ4n) is 3.61. The lowest BCUT2D eigenvalue weighted by Crippen LogP contribution is -2.40. The molecule has 1 amide bonds. The molecule has 1 N–H and O–H groups in total. The third-order valence-electron chi connectivity index (χ3n) is 5.39. The minimum absolute atomic E-state index is 0.0227. The van der Waals surface area contributed by atoms with Gasteiger partial charge in [-0.1, -0.05) is 42.5 Å². The second-order valence-corrected chi connectivity index (χ2v) is 9.78. The van der Waals surface area contributed by atoms with Crippen LogP contribution < -0.4 is 19.5 Å². The molecule has 3 aromatic carbocycles. The maximum absolute atomic E-state index is 13.6. The Hall–Kier alpha value is -3.56. The van der Waals surface area contributed by atoms with Crippen molar-refractivity contribution >= 4 is 15.9 Å². The molecule has 0 unspecified atom stereocenters. The molecule has 8 nitrogen and oxygen atoms in total. The van der Waals surface area contributed by atoms with E-state index in [4.69, 9.17) is 14.2 Å². The van der Waals surface area contributed by atoms with Crippen LogP contribution in [0.1, 0.15) is 16.7 Å². The third kappa shape index (κ3) is 5.32. The first-order chi connectivity index (χ1) is 16.4. The summed E-state index contributed by atoms with van der Waals surface area (Å²) in [7, 11) is -2.62. The largest absolute Gasteiger partial charge is 0.495 e. The molecule has 0 saturated carbocycles. The fourth-order valence-corrected chi connectivity index (χ4v) is 5.23. The van der Waals surface area contributed by atoms with Crippen molar-refractivity contribution in [1.29, 1.82) is 0 Å². The molecular weight excluding hydrogens is 456 g/mol. The Balaban J connectivity index is 1.55. The van der Waals surface area contributed by atoms with E-state index >= 15 is 0 Å². The van der Waals surface area contributed by atoms with Crippen LogP contribution in [0.5, 0.6) is 17.2 Å². The average Bonchev–Trinajstić information content (AvgIpc) is 3.31. The maximum atomic E-state index is 13.6. The van der Waals surface area contributed by atoms with Gasteiger partial charge < -0.3 is 19.5 Å². The van der Waals surface area contributed by atoms with Crippen LogP contribution >= 0.6 is 0 Å². The van der Waals surface area contributed by atoms with Crippen LogP contribution in [-0.4, -0.2) is 39.1 Å². The lowest BCUT2D eigenvalue weighted by Gasteiger charge is -2.23. The van der Waals surface area contributed by atoms with Crippen LogP contribution in [0.25, 0.3) is 0 Å². The molecule has 4 rings (SSSR count). The van der Waals surface area contributed by atoms with Crippen molar-refractivity contribution in [2.24, 2.45) is 0 Å². The van der Waals surface area contributed by atoms with Gasteiger partial charge in [0.15, 0.2) is 11.5 Å². The molecule has 3 aromatic rings. The van der Waals surface area contributed by atoms with Gasteiger partial charge in [0.25, 0.3) is 0 Å². The molecule has 0 aliphatic carbocycles. The molecule has 0 aromatic heterocycles. The van der Waals surface area contributed by atoms with Crippen LogP contribution in [0, 0.1) is 6.92 Å². The van der Waals surface area contributed by atoms with Crippen LogP contribution in [-0.2, 0) is 27.9 Å². The molecule has 178 valence electrons. The van der Waals surface area contributed by atoms with Gasteiger partial charge in [0.05, 0.1) is 13.7 Å². The highest BCUT2D eigenvalue weighted by molar-refractivity contribution is 7.89. The summed E-state index contributed by atoms with van der Waals surface area (Å²) in [6.07, 6.45) is 0. The van der Waals surface area contributed by atoms with Gasteiger partial charge in [-0.15, -0.1) is 0 Å². The lowest BCUT2D eigenvalue weighted by atomic mass is 10.2. The Morgan fingerprint density at radius 2 is 1.76 bits per heavy atom. The van der Waals surface area contributed by atoms with Crippen LogP contribution in [0.4, 0.5) is 0 Å². The van der Waals surface area contributed by atoms with Crippen LogP contribution in [0.2, 0.25) is 0 Å². The Labute approximate surface area is 199 Å². The summed E-state index contributed by atoms with van der Waals surface area (Å²) in [5, 5.41) is 2.80. The van der Waals surface area contributed by atoms with Gasteiger partial charge in [0.1, 0.15) is 10.6 Å². The highest BCUT2D eigenvalue weighted by Gasteiger charge is 2.30. The van der Waals surface area contributed by atoms with E-state index in [-0.39, 0.29) is 37.1 Å². The van der Waals surface area contributed by atoms with Crippen LogP contribution in [0.3, 0.4) is 0 Å². The zero-order chi connectivity index (χ0) is 24.1. The van der Waals surface area contributed by atoms with Crippen molar-refractivity contribution in [3.05, 3.63) is 83.4 Å². The van der Waals surface area contributed by atoms with E-state index in [1.54, 1.807) is 37.3 Å². The van der Waals surface area contributed by atoms with Gasteiger partial charge in [-0.3, -0.25) is 4.79 Å². The van der Waals surface area contributed by atoms with E-state index in [0.717, 1.165) is 21.0 Å². The summed E-state index contributed by atoms with van der Waals surface area (Å²) in [6, 6.07) is 19.5. The summed E-state index contributed by atoms with van der Waals surface area (Å²) in [5.41, 5.74) is 2.35. The first-order valence-electron chi connectivity index (χ1n) is 10.7. The molecule has 1 aliphatic rings. The van der Waals surface area contributed by atoms with E-state index < -0.39 is 15.9 Å². The number of hydrogen-bond acceptors (Lipinski definition) is 6. The molecule has 0 spiro atoms. The highest BCUT2D eigenvalue weighted by Crippen LogP contribution is 2.32. The van der Waals surface area contributed by atoms with E-state index in [0.29, 0.717) is 11.5 Å². The average molecular weight is 483 g/mol. The topological polar surface area (TPSA) is 94.2 Å². The number of ether oxygens (including phenoxy) is 3. The number of methoxy groups -OCH3 is 1. The summed E-state index contributed by atoms with van der Waals surface area (Å²) in [6.45, 7) is 1.89. The highest BCUT2D eigenvalue weighted by atomic mass is 32.2. The number of amides is 1. The first-order valence-corrected chi connectivity index (χ1v) is 12.1. The quantitative estimate of drug-likeness (QED) is 0.503. The Morgan fingerprint density at radius 3 is 2.53 bits per heavy atom.